The quantitative estimate of drug-likeness (QED) is 0.883. The van der Waals surface area contributed by atoms with Crippen molar-refractivity contribution in [2.75, 3.05) is 23.3 Å². The van der Waals surface area contributed by atoms with E-state index in [9.17, 15) is 4.39 Å². The molecule has 6 heteroatoms. The number of anilines is 3. The molecule has 0 atom stereocenters. The highest BCUT2D eigenvalue weighted by Gasteiger charge is 2.13. The highest BCUT2D eigenvalue weighted by atomic mass is 35.5. The summed E-state index contributed by atoms with van der Waals surface area (Å²) in [5.41, 5.74) is 1.57. The van der Waals surface area contributed by atoms with Gasteiger partial charge < -0.3 is 10.2 Å². The van der Waals surface area contributed by atoms with Gasteiger partial charge in [0.25, 0.3) is 0 Å². The van der Waals surface area contributed by atoms with Gasteiger partial charge >= 0.3 is 0 Å². The first-order valence-electron chi connectivity index (χ1n) is 7.94. The predicted molar refractivity (Wildman–Crippen MR) is 92.1 cm³/mol. The van der Waals surface area contributed by atoms with Gasteiger partial charge in [-0.1, -0.05) is 24.4 Å². The largest absolute Gasteiger partial charge is 0.356 e. The number of nitrogens with zero attached hydrogens (tertiary/aromatic N) is 3. The maximum absolute atomic E-state index is 13.2. The summed E-state index contributed by atoms with van der Waals surface area (Å²) in [6.45, 7) is 4.00. The number of nitrogens with one attached hydrogen (secondary N) is 1. The Morgan fingerprint density at radius 3 is 2.52 bits per heavy atom. The third kappa shape index (κ3) is 4.10. The second-order valence-corrected chi connectivity index (χ2v) is 6.25. The lowest BCUT2D eigenvalue weighted by Crippen LogP contribution is -2.25. The molecule has 1 N–H and O–H groups in total. The molecule has 0 spiro atoms. The second-order valence-electron chi connectivity index (χ2n) is 5.85. The van der Waals surface area contributed by atoms with E-state index >= 15 is 0 Å². The Morgan fingerprint density at radius 2 is 1.83 bits per heavy atom. The van der Waals surface area contributed by atoms with Gasteiger partial charge in [0.05, 0.1) is 5.02 Å². The number of aryl methyl sites for hydroxylation is 1. The first-order valence-corrected chi connectivity index (χ1v) is 8.32. The summed E-state index contributed by atoms with van der Waals surface area (Å²) in [5, 5.41) is 3.19. The molecule has 0 radical (unpaired) electrons. The van der Waals surface area contributed by atoms with E-state index in [2.05, 4.69) is 20.2 Å². The van der Waals surface area contributed by atoms with Crippen LogP contribution in [0.25, 0.3) is 0 Å². The summed E-state index contributed by atoms with van der Waals surface area (Å²) in [5.74, 6) is 1.01. The summed E-state index contributed by atoms with van der Waals surface area (Å²) in [6, 6.07) is 6.50. The Morgan fingerprint density at radius 1 is 1.09 bits per heavy atom. The molecule has 1 fully saturated rings. The normalized spacial score (nSPS) is 15.3. The molecule has 23 heavy (non-hydrogen) atoms. The third-order valence-electron chi connectivity index (χ3n) is 3.95. The van der Waals surface area contributed by atoms with Crippen molar-refractivity contribution in [1.82, 2.24) is 9.97 Å². The lowest BCUT2D eigenvalue weighted by Gasteiger charge is -2.22. The number of halogens is 2. The number of hydrogen-bond donors (Lipinski definition) is 1. The predicted octanol–water partition coefficient (Wildman–Crippen LogP) is 4.70. The molecule has 0 bridgehead atoms. The van der Waals surface area contributed by atoms with Crippen LogP contribution in [0.2, 0.25) is 5.02 Å². The van der Waals surface area contributed by atoms with Crippen molar-refractivity contribution in [3.8, 4) is 0 Å². The van der Waals surface area contributed by atoms with Gasteiger partial charge in [-0.25, -0.2) is 9.37 Å². The minimum Gasteiger partial charge on any atom is -0.356 e. The highest BCUT2D eigenvalue weighted by molar-refractivity contribution is 6.31. The van der Waals surface area contributed by atoms with Crippen LogP contribution >= 0.6 is 11.6 Å². The third-order valence-corrected chi connectivity index (χ3v) is 4.24. The fourth-order valence-corrected chi connectivity index (χ4v) is 2.95. The molecule has 0 amide bonds. The van der Waals surface area contributed by atoms with Crippen molar-refractivity contribution in [2.45, 2.75) is 32.6 Å². The number of rotatable bonds is 3. The fraction of sp³-hybridized carbons (Fsp3) is 0.412. The Bertz CT molecular complexity index is 684. The van der Waals surface area contributed by atoms with Gasteiger partial charge in [-0.05, 0) is 38.0 Å². The van der Waals surface area contributed by atoms with Gasteiger partial charge in [-0.15, -0.1) is 0 Å². The van der Waals surface area contributed by atoms with E-state index in [0.29, 0.717) is 11.6 Å². The standard InChI is InChI=1S/C17H20ClFN4/c1-12-10-16(23-8-4-2-3-5-9-23)22-17(20-12)21-13-6-7-15(19)14(18)11-13/h6-7,10-11H,2-5,8-9H2,1H3,(H,20,21,22). The van der Waals surface area contributed by atoms with Crippen LogP contribution in [-0.2, 0) is 0 Å². The van der Waals surface area contributed by atoms with Gasteiger partial charge in [-0.3, -0.25) is 0 Å². The zero-order chi connectivity index (χ0) is 16.2. The minimum atomic E-state index is -0.437. The van der Waals surface area contributed by atoms with Gasteiger partial charge in [0, 0.05) is 30.5 Å². The SMILES string of the molecule is Cc1cc(N2CCCCCC2)nc(Nc2ccc(F)c(Cl)c2)n1. The zero-order valence-electron chi connectivity index (χ0n) is 13.1. The lowest BCUT2D eigenvalue weighted by atomic mass is 10.2. The average Bonchev–Trinajstić information content (AvgIpc) is 2.80. The molecule has 2 aromatic rings. The first kappa shape index (κ1) is 16.0. The Hall–Kier alpha value is -1.88. The van der Waals surface area contributed by atoms with Crippen molar-refractivity contribution in [3.63, 3.8) is 0 Å². The summed E-state index contributed by atoms with van der Waals surface area (Å²) < 4.78 is 13.2. The van der Waals surface area contributed by atoms with Gasteiger partial charge in [-0.2, -0.15) is 4.98 Å². The second kappa shape index (κ2) is 7.13. The van der Waals surface area contributed by atoms with Gasteiger partial charge in [0.15, 0.2) is 0 Å². The molecule has 3 rings (SSSR count). The van der Waals surface area contributed by atoms with E-state index in [1.54, 1.807) is 6.07 Å². The molecule has 1 aliphatic rings. The maximum atomic E-state index is 13.2. The molecule has 0 unspecified atom stereocenters. The molecule has 1 aromatic heterocycles. The molecule has 4 nitrogen and oxygen atoms in total. The van der Waals surface area contributed by atoms with Gasteiger partial charge in [0.1, 0.15) is 11.6 Å². The maximum Gasteiger partial charge on any atom is 0.229 e. The lowest BCUT2D eigenvalue weighted by molar-refractivity contribution is 0.628. The van der Waals surface area contributed by atoms with Crippen molar-refractivity contribution in [3.05, 3.63) is 40.8 Å². The summed E-state index contributed by atoms with van der Waals surface area (Å²) in [6.07, 6.45) is 4.94. The van der Waals surface area contributed by atoms with Crippen LogP contribution in [-0.4, -0.2) is 23.1 Å². The van der Waals surface area contributed by atoms with Crippen LogP contribution in [0.3, 0.4) is 0 Å². The smallest absolute Gasteiger partial charge is 0.229 e. The summed E-state index contributed by atoms with van der Waals surface area (Å²) >= 11 is 5.82. The molecule has 1 aliphatic heterocycles. The molecular formula is C17H20ClFN4. The van der Waals surface area contributed by atoms with Crippen LogP contribution in [0.15, 0.2) is 24.3 Å². The molecule has 1 saturated heterocycles. The Balaban J connectivity index is 1.83. The Labute approximate surface area is 140 Å². The van der Waals surface area contributed by atoms with E-state index in [4.69, 9.17) is 11.6 Å². The van der Waals surface area contributed by atoms with Crippen LogP contribution in [0.4, 0.5) is 21.8 Å². The number of benzene rings is 1. The highest BCUT2D eigenvalue weighted by Crippen LogP contribution is 2.24. The number of aromatic nitrogens is 2. The minimum absolute atomic E-state index is 0.0791. The summed E-state index contributed by atoms with van der Waals surface area (Å²) in [4.78, 5) is 11.3. The van der Waals surface area contributed by atoms with E-state index in [-0.39, 0.29) is 5.02 Å². The Kier molecular flexibility index (Phi) is 4.96. The van der Waals surface area contributed by atoms with E-state index in [1.165, 1.54) is 37.8 Å². The van der Waals surface area contributed by atoms with Crippen molar-refractivity contribution in [2.24, 2.45) is 0 Å². The van der Waals surface area contributed by atoms with E-state index < -0.39 is 5.82 Å². The van der Waals surface area contributed by atoms with Crippen molar-refractivity contribution in [1.29, 1.82) is 0 Å². The molecule has 2 heterocycles. The van der Waals surface area contributed by atoms with Crippen LogP contribution in [0, 0.1) is 12.7 Å². The van der Waals surface area contributed by atoms with Crippen LogP contribution in [0.5, 0.6) is 0 Å². The topological polar surface area (TPSA) is 41.1 Å². The molecule has 0 aliphatic carbocycles. The first-order chi connectivity index (χ1) is 11.1. The number of hydrogen-bond acceptors (Lipinski definition) is 4. The summed E-state index contributed by atoms with van der Waals surface area (Å²) in [7, 11) is 0. The van der Waals surface area contributed by atoms with Crippen molar-refractivity contribution < 1.29 is 4.39 Å². The molecular weight excluding hydrogens is 315 g/mol. The molecule has 0 saturated carbocycles. The van der Waals surface area contributed by atoms with Gasteiger partial charge in [0.2, 0.25) is 5.95 Å². The van der Waals surface area contributed by atoms with E-state index in [0.717, 1.165) is 24.6 Å². The zero-order valence-corrected chi connectivity index (χ0v) is 13.9. The monoisotopic (exact) mass is 334 g/mol. The molecule has 122 valence electrons. The van der Waals surface area contributed by atoms with Crippen LogP contribution < -0.4 is 10.2 Å². The van der Waals surface area contributed by atoms with E-state index in [1.807, 2.05) is 13.0 Å². The average molecular weight is 335 g/mol. The van der Waals surface area contributed by atoms with Crippen LogP contribution in [0.1, 0.15) is 31.4 Å². The molecule has 1 aromatic carbocycles. The van der Waals surface area contributed by atoms with Crippen molar-refractivity contribution >= 4 is 29.1 Å². The fourth-order valence-electron chi connectivity index (χ4n) is 2.77.